The number of carboxylic acids is 1. The Hall–Kier alpha value is -1.82. The molecule has 1 amide bonds. The molecular formula is C18H27N3O3. The van der Waals surface area contributed by atoms with E-state index in [-0.39, 0.29) is 11.8 Å². The third-order valence-electron chi connectivity index (χ3n) is 5.82. The van der Waals surface area contributed by atoms with Crippen LogP contribution in [0, 0.1) is 11.3 Å². The molecule has 3 rings (SSSR count). The zero-order valence-corrected chi connectivity index (χ0v) is 14.7. The SMILES string of the molecule is CC(C)N1C[C@@H]2CN(C(=O)c3cccn3C)CCC[C@]2(C(=O)O)C1. The van der Waals surface area contributed by atoms with Gasteiger partial charge in [-0.15, -0.1) is 0 Å². The molecule has 3 heterocycles. The van der Waals surface area contributed by atoms with Crippen LogP contribution >= 0.6 is 0 Å². The molecule has 1 aromatic heterocycles. The molecule has 0 radical (unpaired) electrons. The van der Waals surface area contributed by atoms with Crippen molar-refractivity contribution in [3.8, 4) is 0 Å². The summed E-state index contributed by atoms with van der Waals surface area (Å²) < 4.78 is 1.83. The van der Waals surface area contributed by atoms with Gasteiger partial charge in [-0.25, -0.2) is 0 Å². The van der Waals surface area contributed by atoms with Gasteiger partial charge in [0.15, 0.2) is 0 Å². The number of carboxylic acid groups (broad SMARTS) is 1. The Balaban J connectivity index is 1.85. The van der Waals surface area contributed by atoms with Crippen LogP contribution in [-0.2, 0) is 11.8 Å². The highest BCUT2D eigenvalue weighted by Gasteiger charge is 2.54. The van der Waals surface area contributed by atoms with Gasteiger partial charge in [0.25, 0.3) is 5.91 Å². The second kappa shape index (κ2) is 6.24. The Morgan fingerprint density at radius 3 is 2.67 bits per heavy atom. The second-order valence-electron chi connectivity index (χ2n) is 7.54. The molecule has 2 atom stereocenters. The molecule has 2 saturated heterocycles. The molecule has 0 spiro atoms. The predicted molar refractivity (Wildman–Crippen MR) is 90.8 cm³/mol. The van der Waals surface area contributed by atoms with Crippen LogP contribution in [0.15, 0.2) is 18.3 Å². The van der Waals surface area contributed by atoms with Gasteiger partial charge in [0.1, 0.15) is 5.69 Å². The minimum Gasteiger partial charge on any atom is -0.481 e. The first-order valence-electron chi connectivity index (χ1n) is 8.73. The monoisotopic (exact) mass is 333 g/mol. The third-order valence-corrected chi connectivity index (χ3v) is 5.82. The van der Waals surface area contributed by atoms with Gasteiger partial charge in [0, 0.05) is 51.4 Å². The third kappa shape index (κ3) is 2.73. The normalized spacial score (nSPS) is 28.0. The van der Waals surface area contributed by atoms with Crippen LogP contribution in [0.2, 0.25) is 0 Å². The maximum Gasteiger partial charge on any atom is 0.311 e. The Morgan fingerprint density at radius 1 is 1.33 bits per heavy atom. The number of fused-ring (bicyclic) bond motifs is 1. The highest BCUT2D eigenvalue weighted by atomic mass is 16.4. The lowest BCUT2D eigenvalue weighted by Crippen LogP contribution is -2.43. The van der Waals surface area contributed by atoms with Crippen molar-refractivity contribution in [3.05, 3.63) is 24.0 Å². The van der Waals surface area contributed by atoms with Crippen LogP contribution < -0.4 is 0 Å². The van der Waals surface area contributed by atoms with Gasteiger partial charge >= 0.3 is 5.97 Å². The highest BCUT2D eigenvalue weighted by Crippen LogP contribution is 2.43. The number of carbonyl (C=O) groups is 2. The Kier molecular flexibility index (Phi) is 4.42. The molecule has 2 aliphatic heterocycles. The van der Waals surface area contributed by atoms with E-state index in [1.54, 1.807) is 0 Å². The first-order valence-corrected chi connectivity index (χ1v) is 8.73. The molecule has 1 aromatic rings. The number of hydrogen-bond acceptors (Lipinski definition) is 3. The van der Waals surface area contributed by atoms with Crippen LogP contribution in [0.4, 0.5) is 0 Å². The highest BCUT2D eigenvalue weighted by molar-refractivity contribution is 5.93. The summed E-state index contributed by atoms with van der Waals surface area (Å²) in [5.74, 6) is -0.709. The van der Waals surface area contributed by atoms with E-state index < -0.39 is 11.4 Å². The summed E-state index contributed by atoms with van der Waals surface area (Å²) in [6.07, 6.45) is 3.25. The van der Waals surface area contributed by atoms with Crippen molar-refractivity contribution < 1.29 is 14.7 Å². The fourth-order valence-electron chi connectivity index (χ4n) is 4.24. The number of aliphatic carboxylic acids is 1. The van der Waals surface area contributed by atoms with E-state index in [2.05, 4.69) is 18.7 Å². The second-order valence-corrected chi connectivity index (χ2v) is 7.54. The van der Waals surface area contributed by atoms with E-state index in [0.717, 1.165) is 13.0 Å². The van der Waals surface area contributed by atoms with Crippen molar-refractivity contribution in [1.82, 2.24) is 14.4 Å². The molecule has 6 nitrogen and oxygen atoms in total. The molecule has 0 unspecified atom stereocenters. The Labute approximate surface area is 143 Å². The van der Waals surface area contributed by atoms with Crippen LogP contribution in [0.3, 0.4) is 0 Å². The first-order chi connectivity index (χ1) is 11.3. The van der Waals surface area contributed by atoms with Gasteiger partial charge in [-0.05, 0) is 38.8 Å². The van der Waals surface area contributed by atoms with E-state index in [0.29, 0.717) is 37.8 Å². The van der Waals surface area contributed by atoms with Gasteiger partial charge in [-0.3, -0.25) is 14.5 Å². The summed E-state index contributed by atoms with van der Waals surface area (Å²) >= 11 is 0. The minimum atomic E-state index is -0.715. The Morgan fingerprint density at radius 2 is 2.08 bits per heavy atom. The number of nitrogens with zero attached hydrogens (tertiary/aromatic N) is 3. The molecule has 0 saturated carbocycles. The number of hydrogen-bond donors (Lipinski definition) is 1. The molecular weight excluding hydrogens is 306 g/mol. The molecule has 1 N–H and O–H groups in total. The van der Waals surface area contributed by atoms with Crippen molar-refractivity contribution >= 4 is 11.9 Å². The van der Waals surface area contributed by atoms with E-state index >= 15 is 0 Å². The number of likely N-dealkylation sites (tertiary alicyclic amines) is 2. The van der Waals surface area contributed by atoms with Crippen LogP contribution in [0.25, 0.3) is 0 Å². The molecule has 132 valence electrons. The zero-order valence-electron chi connectivity index (χ0n) is 14.7. The maximum atomic E-state index is 12.9. The van der Waals surface area contributed by atoms with Crippen molar-refractivity contribution in [2.24, 2.45) is 18.4 Å². The largest absolute Gasteiger partial charge is 0.481 e. The average molecular weight is 333 g/mol. The van der Waals surface area contributed by atoms with E-state index in [1.165, 1.54) is 0 Å². The molecule has 6 heteroatoms. The van der Waals surface area contributed by atoms with Crippen LogP contribution in [0.5, 0.6) is 0 Å². The van der Waals surface area contributed by atoms with Crippen molar-refractivity contribution in [2.45, 2.75) is 32.7 Å². The van der Waals surface area contributed by atoms with Gasteiger partial charge in [-0.2, -0.15) is 0 Å². The maximum absolute atomic E-state index is 12.9. The molecule has 2 fully saturated rings. The Bertz CT molecular complexity index is 639. The number of rotatable bonds is 3. The first kappa shape index (κ1) is 17.0. The summed E-state index contributed by atoms with van der Waals surface area (Å²) in [6, 6.07) is 4.01. The van der Waals surface area contributed by atoms with Crippen LogP contribution in [-0.4, -0.2) is 63.6 Å². The number of carbonyl (C=O) groups excluding carboxylic acids is 1. The molecule has 0 aliphatic carbocycles. The average Bonchev–Trinajstić information content (AvgIpc) is 3.06. The lowest BCUT2D eigenvalue weighted by atomic mass is 9.75. The topological polar surface area (TPSA) is 65.8 Å². The van der Waals surface area contributed by atoms with Crippen molar-refractivity contribution in [2.75, 3.05) is 26.2 Å². The quantitative estimate of drug-likeness (QED) is 0.914. The lowest BCUT2D eigenvalue weighted by molar-refractivity contribution is -0.151. The van der Waals surface area contributed by atoms with Gasteiger partial charge in [-0.1, -0.05) is 0 Å². The summed E-state index contributed by atoms with van der Waals surface area (Å²) in [4.78, 5) is 29.1. The van der Waals surface area contributed by atoms with Gasteiger partial charge in [0.05, 0.1) is 5.41 Å². The summed E-state index contributed by atoms with van der Waals surface area (Å²) in [5.41, 5.74) is -0.0513. The standard InChI is InChI=1S/C18H27N3O3/c1-13(2)21-11-14-10-20(16(22)15-6-4-8-19(15)3)9-5-7-18(14,12-21)17(23)24/h4,6,8,13-14H,5,7,9-12H2,1-3H3,(H,23,24)/t14-,18-/m0/s1. The van der Waals surface area contributed by atoms with Crippen molar-refractivity contribution in [3.63, 3.8) is 0 Å². The summed E-state index contributed by atoms with van der Waals surface area (Å²) in [6.45, 7) is 6.72. The molecule has 0 aromatic carbocycles. The molecule has 24 heavy (non-hydrogen) atoms. The van der Waals surface area contributed by atoms with Gasteiger partial charge < -0.3 is 14.6 Å². The van der Waals surface area contributed by atoms with E-state index in [1.807, 2.05) is 34.8 Å². The van der Waals surface area contributed by atoms with Crippen molar-refractivity contribution in [1.29, 1.82) is 0 Å². The smallest absolute Gasteiger partial charge is 0.311 e. The van der Waals surface area contributed by atoms with E-state index in [9.17, 15) is 14.7 Å². The fraction of sp³-hybridized carbons (Fsp3) is 0.667. The number of amides is 1. The summed E-state index contributed by atoms with van der Waals surface area (Å²) in [7, 11) is 1.86. The summed E-state index contributed by atoms with van der Waals surface area (Å²) in [5, 5.41) is 9.94. The van der Waals surface area contributed by atoms with Crippen LogP contribution in [0.1, 0.15) is 37.2 Å². The molecule has 0 bridgehead atoms. The molecule has 2 aliphatic rings. The fourth-order valence-corrected chi connectivity index (χ4v) is 4.24. The zero-order chi connectivity index (χ0) is 17.5. The number of aryl methyl sites for hydroxylation is 1. The van der Waals surface area contributed by atoms with E-state index in [4.69, 9.17) is 0 Å². The lowest BCUT2D eigenvalue weighted by Gasteiger charge is -2.29. The van der Waals surface area contributed by atoms with Gasteiger partial charge in [0.2, 0.25) is 0 Å². The minimum absolute atomic E-state index is 0.00619. The predicted octanol–water partition coefficient (Wildman–Crippen LogP) is 1.67. The number of aromatic nitrogens is 1.